The molecule has 0 aliphatic carbocycles. The molecule has 0 aliphatic rings. The molecule has 1 amide bonds. The summed E-state index contributed by atoms with van der Waals surface area (Å²) in [5.74, 6) is 2.65. The van der Waals surface area contributed by atoms with E-state index in [1.165, 1.54) is 0 Å². The normalized spacial score (nSPS) is 10.9. The largest absolute Gasteiger partial charge is 0.493 e. The molecule has 2 N–H and O–H groups in total. The second kappa shape index (κ2) is 11.6. The lowest BCUT2D eigenvalue weighted by Gasteiger charge is -2.11. The zero-order valence-electron chi connectivity index (χ0n) is 19.0. The van der Waals surface area contributed by atoms with Crippen molar-refractivity contribution in [2.45, 2.75) is 38.4 Å². The SMILES string of the molecule is CCCNc1nc(SCCC)nc2c1cnn2CCNC(=O)c1ccc(OC)c(OC)c1. The Morgan fingerprint density at radius 3 is 2.62 bits per heavy atom. The minimum Gasteiger partial charge on any atom is -0.493 e. The lowest BCUT2D eigenvalue weighted by molar-refractivity contribution is 0.0951. The first kappa shape index (κ1) is 23.6. The number of amides is 1. The monoisotopic (exact) mass is 458 g/mol. The van der Waals surface area contributed by atoms with E-state index in [9.17, 15) is 4.79 Å². The number of carbonyl (C=O) groups is 1. The molecule has 1 aromatic carbocycles. The summed E-state index contributed by atoms with van der Waals surface area (Å²) in [7, 11) is 3.10. The molecule has 2 heterocycles. The van der Waals surface area contributed by atoms with Crippen LogP contribution in [0.25, 0.3) is 11.0 Å². The highest BCUT2D eigenvalue weighted by atomic mass is 32.2. The molecule has 0 radical (unpaired) electrons. The number of hydrogen-bond donors (Lipinski definition) is 2. The van der Waals surface area contributed by atoms with Crippen molar-refractivity contribution in [3.05, 3.63) is 30.0 Å². The Balaban J connectivity index is 1.72. The molecule has 0 aliphatic heterocycles. The smallest absolute Gasteiger partial charge is 0.251 e. The van der Waals surface area contributed by atoms with Crippen LogP contribution in [-0.2, 0) is 6.54 Å². The number of nitrogens with one attached hydrogen (secondary N) is 2. The van der Waals surface area contributed by atoms with Gasteiger partial charge >= 0.3 is 0 Å². The van der Waals surface area contributed by atoms with Gasteiger partial charge in [-0.1, -0.05) is 25.6 Å². The summed E-state index contributed by atoms with van der Waals surface area (Å²) in [6, 6.07) is 5.08. The lowest BCUT2D eigenvalue weighted by atomic mass is 10.2. The van der Waals surface area contributed by atoms with E-state index in [2.05, 4.69) is 34.6 Å². The number of ether oxygens (including phenoxy) is 2. The van der Waals surface area contributed by atoms with Crippen LogP contribution in [0.15, 0.2) is 29.6 Å². The molecule has 0 atom stereocenters. The zero-order valence-corrected chi connectivity index (χ0v) is 19.8. The number of benzene rings is 1. The van der Waals surface area contributed by atoms with Gasteiger partial charge in [0.25, 0.3) is 5.91 Å². The molecule has 2 aromatic heterocycles. The molecule has 0 spiro atoms. The summed E-state index contributed by atoms with van der Waals surface area (Å²) >= 11 is 1.63. The Kier molecular flexibility index (Phi) is 8.55. The van der Waals surface area contributed by atoms with Crippen LogP contribution in [0.5, 0.6) is 11.5 Å². The van der Waals surface area contributed by atoms with Crippen molar-refractivity contribution in [3.8, 4) is 11.5 Å². The number of fused-ring (bicyclic) bond motifs is 1. The Morgan fingerprint density at radius 2 is 1.91 bits per heavy atom. The highest BCUT2D eigenvalue weighted by molar-refractivity contribution is 7.99. The van der Waals surface area contributed by atoms with Gasteiger partial charge in [0.1, 0.15) is 5.82 Å². The first-order valence-corrected chi connectivity index (χ1v) is 11.7. The van der Waals surface area contributed by atoms with Crippen LogP contribution in [0.2, 0.25) is 0 Å². The van der Waals surface area contributed by atoms with Crippen LogP contribution >= 0.6 is 11.8 Å². The van der Waals surface area contributed by atoms with Gasteiger partial charge in [-0.25, -0.2) is 14.6 Å². The van der Waals surface area contributed by atoms with Gasteiger partial charge in [0.15, 0.2) is 22.3 Å². The quantitative estimate of drug-likeness (QED) is 0.313. The number of aromatic nitrogens is 4. The van der Waals surface area contributed by atoms with Crippen molar-refractivity contribution in [3.63, 3.8) is 0 Å². The van der Waals surface area contributed by atoms with Crippen LogP contribution in [0.3, 0.4) is 0 Å². The van der Waals surface area contributed by atoms with Crippen LogP contribution in [-0.4, -0.2) is 58.7 Å². The minimum absolute atomic E-state index is 0.193. The van der Waals surface area contributed by atoms with Crippen LogP contribution in [0, 0.1) is 0 Å². The third-order valence-electron chi connectivity index (χ3n) is 4.71. The Hall–Kier alpha value is -3.01. The maximum absolute atomic E-state index is 12.6. The number of rotatable bonds is 12. The molecule has 0 saturated carbocycles. The van der Waals surface area contributed by atoms with E-state index in [4.69, 9.17) is 14.5 Å². The molecule has 9 nitrogen and oxygen atoms in total. The average molecular weight is 459 g/mol. The van der Waals surface area contributed by atoms with Gasteiger partial charge in [-0.05, 0) is 31.0 Å². The maximum atomic E-state index is 12.6. The molecular weight excluding hydrogens is 428 g/mol. The molecule has 0 unspecified atom stereocenters. The zero-order chi connectivity index (χ0) is 22.9. The summed E-state index contributed by atoms with van der Waals surface area (Å²) in [6.45, 7) is 5.97. The Bertz CT molecular complexity index is 1060. The van der Waals surface area contributed by atoms with E-state index in [-0.39, 0.29) is 5.91 Å². The second-order valence-electron chi connectivity index (χ2n) is 7.06. The van der Waals surface area contributed by atoms with Gasteiger partial charge in [0.05, 0.1) is 32.3 Å². The molecule has 10 heteroatoms. The fourth-order valence-electron chi connectivity index (χ4n) is 3.09. The summed E-state index contributed by atoms with van der Waals surface area (Å²) in [6.07, 6.45) is 3.82. The maximum Gasteiger partial charge on any atom is 0.251 e. The van der Waals surface area contributed by atoms with Gasteiger partial charge in [-0.3, -0.25) is 4.79 Å². The van der Waals surface area contributed by atoms with E-state index in [1.54, 1.807) is 55.1 Å². The summed E-state index contributed by atoms with van der Waals surface area (Å²) in [4.78, 5) is 21.9. The topological polar surface area (TPSA) is 103 Å². The van der Waals surface area contributed by atoms with Gasteiger partial charge in [0, 0.05) is 24.4 Å². The standard InChI is InChI=1S/C22H30N6O3S/c1-5-9-23-19-16-14-25-28(20(16)27-22(26-19)32-12-6-2)11-10-24-21(29)15-7-8-17(30-3)18(13-15)31-4/h7-8,13-14H,5-6,9-12H2,1-4H3,(H,24,29)(H,23,26,27). The first-order chi connectivity index (χ1) is 15.6. The van der Waals surface area contributed by atoms with Crippen LogP contribution < -0.4 is 20.1 Å². The number of carbonyl (C=O) groups excluding carboxylic acids is 1. The van der Waals surface area contributed by atoms with Gasteiger partial charge in [-0.15, -0.1) is 0 Å². The van der Waals surface area contributed by atoms with E-state index < -0.39 is 0 Å². The molecular formula is C22H30N6O3S. The molecule has 0 bridgehead atoms. The average Bonchev–Trinajstić information content (AvgIpc) is 3.23. The minimum atomic E-state index is -0.193. The molecule has 0 saturated heterocycles. The van der Waals surface area contributed by atoms with E-state index >= 15 is 0 Å². The van der Waals surface area contributed by atoms with Crippen molar-refractivity contribution < 1.29 is 14.3 Å². The van der Waals surface area contributed by atoms with E-state index in [0.717, 1.165) is 47.1 Å². The van der Waals surface area contributed by atoms with Crippen molar-refractivity contribution in [1.82, 2.24) is 25.1 Å². The fraction of sp³-hybridized carbons (Fsp3) is 0.455. The van der Waals surface area contributed by atoms with Crippen LogP contribution in [0.1, 0.15) is 37.0 Å². The molecule has 3 aromatic rings. The lowest BCUT2D eigenvalue weighted by Crippen LogP contribution is -2.27. The van der Waals surface area contributed by atoms with Gasteiger partial charge in [0.2, 0.25) is 0 Å². The number of nitrogens with zero attached hydrogens (tertiary/aromatic N) is 4. The number of hydrogen-bond acceptors (Lipinski definition) is 8. The van der Waals surface area contributed by atoms with Crippen molar-refractivity contribution in [1.29, 1.82) is 0 Å². The molecule has 172 valence electrons. The number of anilines is 1. The Labute approximate surface area is 192 Å². The summed E-state index contributed by atoms with van der Waals surface area (Å²) < 4.78 is 12.3. The molecule has 3 rings (SSSR count). The van der Waals surface area contributed by atoms with Crippen LogP contribution in [0.4, 0.5) is 5.82 Å². The predicted octanol–water partition coefficient (Wildman–Crippen LogP) is 3.60. The van der Waals surface area contributed by atoms with E-state index in [1.807, 2.05) is 0 Å². The van der Waals surface area contributed by atoms with E-state index in [0.29, 0.717) is 30.2 Å². The van der Waals surface area contributed by atoms with Crippen molar-refractivity contribution in [2.75, 3.05) is 38.4 Å². The third-order valence-corrected chi connectivity index (χ3v) is 5.76. The van der Waals surface area contributed by atoms with Crippen molar-refractivity contribution in [2.24, 2.45) is 0 Å². The third kappa shape index (κ3) is 5.61. The number of methoxy groups -OCH3 is 2. The Morgan fingerprint density at radius 1 is 1.09 bits per heavy atom. The predicted molar refractivity (Wildman–Crippen MR) is 127 cm³/mol. The van der Waals surface area contributed by atoms with Gasteiger partial charge in [-0.2, -0.15) is 5.10 Å². The molecule has 32 heavy (non-hydrogen) atoms. The summed E-state index contributed by atoms with van der Waals surface area (Å²) in [5, 5.41) is 12.4. The fourth-order valence-corrected chi connectivity index (χ4v) is 3.78. The molecule has 0 fully saturated rings. The summed E-state index contributed by atoms with van der Waals surface area (Å²) in [5.41, 5.74) is 1.26. The second-order valence-corrected chi connectivity index (χ2v) is 8.12. The highest BCUT2D eigenvalue weighted by Gasteiger charge is 2.14. The van der Waals surface area contributed by atoms with Crippen molar-refractivity contribution >= 4 is 34.5 Å². The highest BCUT2D eigenvalue weighted by Crippen LogP contribution is 2.27. The first-order valence-electron chi connectivity index (χ1n) is 10.7. The van der Waals surface area contributed by atoms with Gasteiger partial charge < -0.3 is 20.1 Å². The number of thioether (sulfide) groups is 1.